The number of phenols is 3. The molecule has 4 bridgehead atoms. The standard InChI is InChI=1S/C31H34O15/c1-29-11-19(34)16-10-31(29,30(16,28(41-2)46-29)13-43-25(39)14-6-4-3-5-7-14)45-27-24(38)23(37)22(36)20(44-27)12-42-26(40)15-8-17(32)21(35)18(33)9-15/h3-9,16,20,22-24,27-28,32-33,35-38H,10-13H2,1-2H3/t16?,20-,22-,23+,24-,27+,28?,29?,30?,31?/m1/s1. The molecule has 3 saturated carbocycles. The fourth-order valence-electron chi connectivity index (χ4n) is 7.33. The molecule has 2 aliphatic heterocycles. The monoisotopic (exact) mass is 646 g/mol. The molecule has 3 aliphatic carbocycles. The molecule has 0 aromatic heterocycles. The van der Waals surface area contributed by atoms with Gasteiger partial charge in [0.2, 0.25) is 0 Å². The van der Waals surface area contributed by atoms with E-state index in [0.29, 0.717) is 0 Å². The molecule has 248 valence electrons. The van der Waals surface area contributed by atoms with Crippen LogP contribution in [0.2, 0.25) is 0 Å². The van der Waals surface area contributed by atoms with Crippen LogP contribution in [0.4, 0.5) is 0 Å². The third-order valence-electron chi connectivity index (χ3n) is 9.74. The number of esters is 2. The molecule has 2 aromatic carbocycles. The third kappa shape index (κ3) is 4.65. The summed E-state index contributed by atoms with van der Waals surface area (Å²) in [5.74, 6) is -4.98. The topological polar surface area (TPSA) is 228 Å². The summed E-state index contributed by atoms with van der Waals surface area (Å²) in [4.78, 5) is 38.8. The number of methoxy groups -OCH3 is 1. The minimum atomic E-state index is -1.84. The Morgan fingerprint density at radius 2 is 1.59 bits per heavy atom. The highest BCUT2D eigenvalue weighted by atomic mass is 16.8. The van der Waals surface area contributed by atoms with Crippen molar-refractivity contribution < 1.29 is 73.4 Å². The maximum absolute atomic E-state index is 13.3. The summed E-state index contributed by atoms with van der Waals surface area (Å²) in [7, 11) is 1.37. The van der Waals surface area contributed by atoms with Gasteiger partial charge in [-0.25, -0.2) is 9.59 Å². The number of rotatable bonds is 9. The Hall–Kier alpha value is -3.83. The van der Waals surface area contributed by atoms with E-state index in [1.807, 2.05) is 0 Å². The number of hydrogen-bond donors (Lipinski definition) is 6. The van der Waals surface area contributed by atoms with Gasteiger partial charge in [0, 0.05) is 19.4 Å². The van der Waals surface area contributed by atoms with E-state index in [4.69, 9.17) is 28.4 Å². The summed E-state index contributed by atoms with van der Waals surface area (Å²) in [6, 6.07) is 9.92. The summed E-state index contributed by atoms with van der Waals surface area (Å²) in [6.45, 7) is 0.607. The molecule has 5 fully saturated rings. The van der Waals surface area contributed by atoms with Crippen LogP contribution in [-0.2, 0) is 33.2 Å². The van der Waals surface area contributed by atoms with Crippen molar-refractivity contribution >= 4 is 17.7 Å². The smallest absolute Gasteiger partial charge is 0.338 e. The summed E-state index contributed by atoms with van der Waals surface area (Å²) >= 11 is 0. The van der Waals surface area contributed by atoms with E-state index in [1.54, 1.807) is 37.3 Å². The number of phenolic OH excluding ortho intramolecular Hbond substituents is 3. The fourth-order valence-corrected chi connectivity index (χ4v) is 7.33. The van der Waals surface area contributed by atoms with Crippen molar-refractivity contribution in [3.8, 4) is 17.2 Å². The van der Waals surface area contributed by atoms with Crippen molar-refractivity contribution in [2.75, 3.05) is 20.3 Å². The zero-order valence-electron chi connectivity index (χ0n) is 24.8. The van der Waals surface area contributed by atoms with Crippen LogP contribution >= 0.6 is 0 Å². The highest BCUT2D eigenvalue weighted by molar-refractivity contribution is 5.91. The lowest BCUT2D eigenvalue weighted by atomic mass is 9.41. The van der Waals surface area contributed by atoms with Gasteiger partial charge >= 0.3 is 11.9 Å². The van der Waals surface area contributed by atoms with Gasteiger partial charge in [-0.15, -0.1) is 0 Å². The van der Waals surface area contributed by atoms with Crippen LogP contribution in [0.25, 0.3) is 0 Å². The van der Waals surface area contributed by atoms with Gasteiger partial charge < -0.3 is 59.1 Å². The van der Waals surface area contributed by atoms with E-state index < -0.39 is 95.3 Å². The van der Waals surface area contributed by atoms with Crippen LogP contribution < -0.4 is 0 Å². The Morgan fingerprint density at radius 3 is 2.24 bits per heavy atom. The Bertz CT molecular complexity index is 1510. The van der Waals surface area contributed by atoms with E-state index in [0.717, 1.165) is 12.1 Å². The molecule has 2 heterocycles. The zero-order chi connectivity index (χ0) is 33.2. The molecule has 10 atom stereocenters. The largest absolute Gasteiger partial charge is 0.504 e. The number of aliphatic hydroxyl groups is 3. The molecule has 5 unspecified atom stereocenters. The predicted molar refractivity (Wildman–Crippen MR) is 149 cm³/mol. The van der Waals surface area contributed by atoms with Crippen LogP contribution in [0.3, 0.4) is 0 Å². The molecule has 2 saturated heterocycles. The Kier molecular flexibility index (Phi) is 8.00. The molecule has 15 heteroatoms. The van der Waals surface area contributed by atoms with Crippen molar-refractivity contribution in [3.63, 3.8) is 0 Å². The first-order valence-electron chi connectivity index (χ1n) is 14.5. The first-order chi connectivity index (χ1) is 21.8. The number of aromatic hydroxyl groups is 3. The second kappa shape index (κ2) is 11.5. The summed E-state index contributed by atoms with van der Waals surface area (Å²) in [5.41, 5.74) is -4.21. The zero-order valence-corrected chi connectivity index (χ0v) is 24.8. The average molecular weight is 647 g/mol. The normalized spacial score (nSPS) is 37.8. The lowest BCUT2D eigenvalue weighted by Crippen LogP contribution is -2.80. The van der Waals surface area contributed by atoms with Gasteiger partial charge in [-0.2, -0.15) is 0 Å². The number of fused-ring (bicyclic) bond motifs is 1. The lowest BCUT2D eigenvalue weighted by Gasteiger charge is -2.66. The fraction of sp³-hybridized carbons (Fsp3) is 0.516. The van der Waals surface area contributed by atoms with Crippen molar-refractivity contribution in [1.29, 1.82) is 0 Å². The van der Waals surface area contributed by atoms with Gasteiger partial charge in [0.1, 0.15) is 54.6 Å². The number of aliphatic hydroxyl groups excluding tert-OH is 3. The van der Waals surface area contributed by atoms with Gasteiger partial charge in [0.15, 0.2) is 29.8 Å². The number of hydrogen-bond acceptors (Lipinski definition) is 15. The Morgan fingerprint density at radius 1 is 0.935 bits per heavy atom. The molecule has 2 aromatic rings. The van der Waals surface area contributed by atoms with Crippen molar-refractivity contribution in [2.45, 2.75) is 68.0 Å². The number of carbonyl (C=O) groups is 3. The minimum absolute atomic E-state index is 0.0871. The van der Waals surface area contributed by atoms with Crippen LogP contribution in [-0.4, -0.2) is 117 Å². The van der Waals surface area contributed by atoms with Crippen molar-refractivity contribution in [1.82, 2.24) is 0 Å². The Labute approximate surface area is 261 Å². The number of ketones is 1. The van der Waals surface area contributed by atoms with Gasteiger partial charge in [0.25, 0.3) is 0 Å². The summed E-state index contributed by atoms with van der Waals surface area (Å²) in [6.07, 6.45) is -9.57. The number of Topliss-reactive ketones (excluding diaryl/α,β-unsaturated/α-hetero) is 1. The molecule has 6 N–H and O–H groups in total. The highest BCUT2D eigenvalue weighted by Gasteiger charge is 2.87. The summed E-state index contributed by atoms with van der Waals surface area (Å²) < 4.78 is 35.1. The SMILES string of the molecule is COC1OC2(C)CC(=O)C3CC2(O[C@@H]2O[C@H](COC(=O)c4cc(O)c(O)c(O)c4)[C@@H](O)[C@H](O)[C@H]2O)C13COC(=O)c1ccccc1. The van der Waals surface area contributed by atoms with Crippen molar-refractivity contribution in [3.05, 3.63) is 53.6 Å². The van der Waals surface area contributed by atoms with Crippen LogP contribution in [0, 0.1) is 11.3 Å². The number of ether oxygens (including phenoxy) is 6. The molecule has 15 nitrogen and oxygen atoms in total. The van der Waals surface area contributed by atoms with Gasteiger partial charge in [0.05, 0.1) is 16.5 Å². The number of carbonyl (C=O) groups excluding carboxylic acids is 3. The second-order valence-electron chi connectivity index (χ2n) is 12.2. The quantitative estimate of drug-likeness (QED) is 0.157. The molecule has 0 radical (unpaired) electrons. The second-order valence-corrected chi connectivity index (χ2v) is 12.2. The molecular formula is C31H34O15. The molecule has 7 rings (SSSR count). The van der Waals surface area contributed by atoms with Crippen LogP contribution in [0.15, 0.2) is 42.5 Å². The van der Waals surface area contributed by atoms with Crippen LogP contribution in [0.5, 0.6) is 17.2 Å². The van der Waals surface area contributed by atoms with E-state index >= 15 is 0 Å². The summed E-state index contributed by atoms with van der Waals surface area (Å²) in [5, 5.41) is 61.3. The molecule has 0 amide bonds. The van der Waals surface area contributed by atoms with E-state index in [2.05, 4.69) is 0 Å². The van der Waals surface area contributed by atoms with Gasteiger partial charge in [-0.3, -0.25) is 4.79 Å². The Balaban J connectivity index is 1.24. The molecule has 5 aliphatic rings. The average Bonchev–Trinajstić information content (AvgIpc) is 3.11. The highest BCUT2D eigenvalue weighted by Crippen LogP contribution is 2.74. The maximum atomic E-state index is 13.3. The minimum Gasteiger partial charge on any atom is -0.504 e. The first kappa shape index (κ1) is 32.1. The predicted octanol–water partition coefficient (Wildman–Crippen LogP) is 0.121. The first-order valence-corrected chi connectivity index (χ1v) is 14.5. The lowest BCUT2D eigenvalue weighted by molar-refractivity contribution is -0.381. The van der Waals surface area contributed by atoms with Crippen LogP contribution in [0.1, 0.15) is 40.5 Å². The van der Waals surface area contributed by atoms with E-state index in [1.165, 1.54) is 7.11 Å². The van der Waals surface area contributed by atoms with E-state index in [9.17, 15) is 45.0 Å². The van der Waals surface area contributed by atoms with Gasteiger partial charge in [-0.05, 0) is 37.6 Å². The third-order valence-corrected chi connectivity index (χ3v) is 9.74. The maximum Gasteiger partial charge on any atom is 0.338 e. The molecular weight excluding hydrogens is 612 g/mol. The molecule has 0 spiro atoms. The number of benzene rings is 2. The van der Waals surface area contributed by atoms with Gasteiger partial charge in [-0.1, -0.05) is 18.2 Å². The van der Waals surface area contributed by atoms with Crippen molar-refractivity contribution in [2.24, 2.45) is 11.3 Å². The van der Waals surface area contributed by atoms with E-state index in [-0.39, 0.29) is 36.4 Å². The molecule has 46 heavy (non-hydrogen) atoms.